The quantitative estimate of drug-likeness (QED) is 0.539. The van der Waals surface area contributed by atoms with Crippen molar-refractivity contribution in [3.8, 4) is 11.5 Å². The molecule has 0 fully saturated rings. The van der Waals surface area contributed by atoms with Gasteiger partial charge in [0.05, 0.1) is 13.2 Å². The second-order valence-electron chi connectivity index (χ2n) is 4.35. The van der Waals surface area contributed by atoms with Crippen molar-refractivity contribution >= 4 is 26.7 Å². The molecule has 0 N–H and O–H groups in total. The summed E-state index contributed by atoms with van der Waals surface area (Å²) in [7, 11) is 0. The Hall–Kier alpha value is -1.22. The monoisotopic (exact) mass is 322 g/mol. The van der Waals surface area contributed by atoms with Crippen LogP contribution in [0.1, 0.15) is 19.8 Å². The normalized spacial score (nSPS) is 10.6. The van der Waals surface area contributed by atoms with Crippen molar-refractivity contribution in [2.75, 3.05) is 18.5 Å². The molecule has 0 unspecified atom stereocenters. The van der Waals surface area contributed by atoms with E-state index in [1.165, 1.54) is 0 Å². The molecule has 0 aromatic heterocycles. The third-order valence-electron chi connectivity index (χ3n) is 2.84. The molecular formula is C16H19BrO2. The number of alkyl halides is 1. The molecule has 0 aliphatic heterocycles. The molecular weight excluding hydrogens is 304 g/mol. The maximum absolute atomic E-state index is 5.83. The number of hydrogen-bond donors (Lipinski definition) is 0. The Morgan fingerprint density at radius 2 is 1.47 bits per heavy atom. The van der Waals surface area contributed by atoms with Crippen LogP contribution in [0.4, 0.5) is 0 Å². The topological polar surface area (TPSA) is 18.5 Å². The van der Waals surface area contributed by atoms with Crippen LogP contribution in [0.3, 0.4) is 0 Å². The van der Waals surface area contributed by atoms with E-state index < -0.39 is 0 Å². The lowest BCUT2D eigenvalue weighted by molar-refractivity contribution is 0.315. The zero-order valence-electron chi connectivity index (χ0n) is 11.2. The second kappa shape index (κ2) is 7.39. The van der Waals surface area contributed by atoms with Gasteiger partial charge in [-0.15, -0.1) is 0 Å². The molecule has 0 aliphatic carbocycles. The van der Waals surface area contributed by atoms with Crippen molar-refractivity contribution in [3.63, 3.8) is 0 Å². The summed E-state index contributed by atoms with van der Waals surface area (Å²) >= 11 is 3.41. The average Bonchev–Trinajstić information content (AvgIpc) is 2.46. The second-order valence-corrected chi connectivity index (χ2v) is 5.14. The van der Waals surface area contributed by atoms with Crippen molar-refractivity contribution in [2.24, 2.45) is 0 Å². The van der Waals surface area contributed by atoms with Crippen molar-refractivity contribution in [1.82, 2.24) is 0 Å². The van der Waals surface area contributed by atoms with Crippen LogP contribution in [0.5, 0.6) is 11.5 Å². The first kappa shape index (κ1) is 14.2. The molecule has 3 heteroatoms. The Bertz CT molecular complexity index is 525. The van der Waals surface area contributed by atoms with E-state index in [2.05, 4.69) is 35.0 Å². The molecule has 102 valence electrons. The first-order valence-corrected chi connectivity index (χ1v) is 7.82. The van der Waals surface area contributed by atoms with Gasteiger partial charge in [-0.2, -0.15) is 0 Å². The summed E-state index contributed by atoms with van der Waals surface area (Å²) in [4.78, 5) is 0. The summed E-state index contributed by atoms with van der Waals surface area (Å²) in [6.45, 7) is 3.58. The molecule has 0 saturated carbocycles. The van der Waals surface area contributed by atoms with Gasteiger partial charge >= 0.3 is 0 Å². The van der Waals surface area contributed by atoms with Crippen LogP contribution < -0.4 is 9.47 Å². The molecule has 0 atom stereocenters. The minimum absolute atomic E-state index is 0.727. The number of halogens is 1. The fraction of sp³-hybridized carbons (Fsp3) is 0.375. The van der Waals surface area contributed by atoms with Crippen molar-refractivity contribution in [1.29, 1.82) is 0 Å². The Kier molecular flexibility index (Phi) is 5.52. The summed E-state index contributed by atoms with van der Waals surface area (Å²) in [6, 6.07) is 12.2. The number of benzene rings is 2. The van der Waals surface area contributed by atoms with Gasteiger partial charge in [-0.1, -0.05) is 47.1 Å². The van der Waals surface area contributed by atoms with Crippen LogP contribution in [-0.2, 0) is 0 Å². The number of hydrogen-bond acceptors (Lipinski definition) is 2. The van der Waals surface area contributed by atoms with E-state index in [-0.39, 0.29) is 0 Å². The van der Waals surface area contributed by atoms with Crippen LogP contribution >= 0.6 is 15.9 Å². The predicted octanol–water partition coefficient (Wildman–Crippen LogP) is 4.79. The molecule has 0 heterocycles. The molecule has 0 saturated heterocycles. The van der Waals surface area contributed by atoms with E-state index in [9.17, 15) is 0 Å². The summed E-state index contributed by atoms with van der Waals surface area (Å²) in [5, 5.41) is 3.20. The van der Waals surface area contributed by atoms with Gasteiger partial charge in [0, 0.05) is 16.1 Å². The third kappa shape index (κ3) is 3.63. The number of fused-ring (bicyclic) bond motifs is 1. The van der Waals surface area contributed by atoms with Gasteiger partial charge in [0.25, 0.3) is 0 Å². The van der Waals surface area contributed by atoms with Crippen molar-refractivity contribution < 1.29 is 9.47 Å². The van der Waals surface area contributed by atoms with Crippen LogP contribution in [0.15, 0.2) is 36.4 Å². The summed E-state index contributed by atoms with van der Waals surface area (Å²) < 4.78 is 11.6. The van der Waals surface area contributed by atoms with Gasteiger partial charge < -0.3 is 9.47 Å². The SMILES string of the molecule is CCCOc1ccc(OCCCBr)c2ccccc12. The lowest BCUT2D eigenvalue weighted by atomic mass is 10.1. The fourth-order valence-corrected chi connectivity index (χ4v) is 2.17. The van der Waals surface area contributed by atoms with Crippen LogP contribution in [0, 0.1) is 0 Å². The van der Waals surface area contributed by atoms with E-state index >= 15 is 0 Å². The molecule has 0 amide bonds. The Labute approximate surface area is 122 Å². The molecule has 2 rings (SSSR count). The number of ether oxygens (including phenoxy) is 2. The van der Waals surface area contributed by atoms with E-state index in [0.29, 0.717) is 0 Å². The molecule has 0 spiro atoms. The molecule has 2 aromatic carbocycles. The van der Waals surface area contributed by atoms with Crippen LogP contribution in [0.25, 0.3) is 10.8 Å². The van der Waals surface area contributed by atoms with E-state index in [1.54, 1.807) is 0 Å². The highest BCUT2D eigenvalue weighted by Gasteiger charge is 2.07. The van der Waals surface area contributed by atoms with Crippen LogP contribution in [0.2, 0.25) is 0 Å². The first-order chi connectivity index (χ1) is 9.36. The summed E-state index contributed by atoms with van der Waals surface area (Å²) in [5.74, 6) is 1.87. The minimum atomic E-state index is 0.727. The average molecular weight is 323 g/mol. The Balaban J connectivity index is 2.29. The third-order valence-corrected chi connectivity index (χ3v) is 3.40. The molecule has 19 heavy (non-hydrogen) atoms. The first-order valence-electron chi connectivity index (χ1n) is 6.70. The zero-order chi connectivity index (χ0) is 13.5. The smallest absolute Gasteiger partial charge is 0.127 e. The van der Waals surface area contributed by atoms with Crippen molar-refractivity contribution in [3.05, 3.63) is 36.4 Å². The summed E-state index contributed by atoms with van der Waals surface area (Å²) in [5.41, 5.74) is 0. The molecule has 2 nitrogen and oxygen atoms in total. The van der Waals surface area contributed by atoms with Crippen molar-refractivity contribution in [2.45, 2.75) is 19.8 Å². The predicted molar refractivity (Wildman–Crippen MR) is 83.6 cm³/mol. The molecule has 0 radical (unpaired) electrons. The van der Waals surface area contributed by atoms with Gasteiger partial charge in [0.1, 0.15) is 11.5 Å². The lowest BCUT2D eigenvalue weighted by Gasteiger charge is -2.13. The minimum Gasteiger partial charge on any atom is -0.493 e. The molecule has 2 aromatic rings. The van der Waals surface area contributed by atoms with Gasteiger partial charge in [-0.05, 0) is 25.0 Å². The number of rotatable bonds is 7. The molecule has 0 aliphatic rings. The Morgan fingerprint density at radius 3 is 2.00 bits per heavy atom. The summed E-state index contributed by atoms with van der Waals surface area (Å²) in [6.07, 6.45) is 2.01. The van der Waals surface area contributed by atoms with Crippen LogP contribution in [-0.4, -0.2) is 18.5 Å². The van der Waals surface area contributed by atoms with Gasteiger partial charge in [0.15, 0.2) is 0 Å². The largest absolute Gasteiger partial charge is 0.493 e. The van der Waals surface area contributed by atoms with E-state index in [0.717, 1.165) is 53.7 Å². The van der Waals surface area contributed by atoms with E-state index in [4.69, 9.17) is 9.47 Å². The van der Waals surface area contributed by atoms with Gasteiger partial charge in [0.2, 0.25) is 0 Å². The van der Waals surface area contributed by atoms with Gasteiger partial charge in [-0.25, -0.2) is 0 Å². The fourth-order valence-electron chi connectivity index (χ4n) is 1.94. The highest BCUT2D eigenvalue weighted by molar-refractivity contribution is 9.09. The maximum atomic E-state index is 5.83. The highest BCUT2D eigenvalue weighted by atomic mass is 79.9. The van der Waals surface area contributed by atoms with E-state index in [1.807, 2.05) is 24.3 Å². The highest BCUT2D eigenvalue weighted by Crippen LogP contribution is 2.33. The van der Waals surface area contributed by atoms with Gasteiger partial charge in [-0.3, -0.25) is 0 Å². The lowest BCUT2D eigenvalue weighted by Crippen LogP contribution is -2.00. The molecule has 0 bridgehead atoms. The standard InChI is InChI=1S/C16H19BrO2/c1-2-11-18-15-8-9-16(19-12-5-10-17)14-7-4-3-6-13(14)15/h3-4,6-9H,2,5,10-12H2,1H3. The Morgan fingerprint density at radius 1 is 0.895 bits per heavy atom. The zero-order valence-corrected chi connectivity index (χ0v) is 12.8. The maximum Gasteiger partial charge on any atom is 0.127 e.